The van der Waals surface area contributed by atoms with Gasteiger partial charge in [0, 0.05) is 11.4 Å². The molecule has 128 valence electrons. The molecule has 1 aliphatic rings. The van der Waals surface area contributed by atoms with Crippen LogP contribution >= 0.6 is 23.2 Å². The fourth-order valence-corrected chi connectivity index (χ4v) is 2.81. The number of hydrogen-bond acceptors (Lipinski definition) is 4. The largest absolute Gasteiger partial charge is 0.368 e. The Morgan fingerprint density at radius 3 is 2.56 bits per heavy atom. The molecule has 0 fully saturated rings. The van der Waals surface area contributed by atoms with Crippen molar-refractivity contribution in [1.29, 1.82) is 0 Å². The van der Waals surface area contributed by atoms with Crippen molar-refractivity contribution in [3.63, 3.8) is 0 Å². The van der Waals surface area contributed by atoms with E-state index in [0.29, 0.717) is 21.4 Å². The fraction of sp³-hybridized carbons (Fsp3) is 0.118. The number of hydrazone groups is 1. The van der Waals surface area contributed by atoms with Gasteiger partial charge in [0.05, 0.1) is 16.4 Å². The zero-order chi connectivity index (χ0) is 18.0. The van der Waals surface area contributed by atoms with Gasteiger partial charge < -0.3 is 11.1 Å². The van der Waals surface area contributed by atoms with Gasteiger partial charge in [-0.1, -0.05) is 41.4 Å². The van der Waals surface area contributed by atoms with E-state index in [1.165, 1.54) is 11.1 Å². The molecule has 3 N–H and O–H groups in total. The van der Waals surface area contributed by atoms with E-state index in [-0.39, 0.29) is 12.1 Å². The number of hydrogen-bond donors (Lipinski definition) is 2. The first-order chi connectivity index (χ1) is 12.0. The lowest BCUT2D eigenvalue weighted by molar-refractivity contribution is -0.119. The van der Waals surface area contributed by atoms with Gasteiger partial charge in [0.2, 0.25) is 5.91 Å². The Kier molecular flexibility index (Phi) is 4.92. The second-order valence-corrected chi connectivity index (χ2v) is 6.27. The highest BCUT2D eigenvalue weighted by Gasteiger charge is 2.35. The van der Waals surface area contributed by atoms with Crippen LogP contribution in [0.25, 0.3) is 0 Å². The highest BCUT2D eigenvalue weighted by atomic mass is 35.5. The molecular weight excluding hydrogens is 363 g/mol. The number of benzene rings is 2. The lowest BCUT2D eigenvalue weighted by Crippen LogP contribution is -2.39. The Bertz CT molecular complexity index is 855. The van der Waals surface area contributed by atoms with E-state index < -0.39 is 17.9 Å². The van der Waals surface area contributed by atoms with Gasteiger partial charge in [-0.15, -0.1) is 0 Å². The minimum Gasteiger partial charge on any atom is -0.368 e. The van der Waals surface area contributed by atoms with Crippen LogP contribution in [0.1, 0.15) is 6.42 Å². The molecule has 0 saturated heterocycles. The molecule has 2 aromatic rings. The number of carbonyl (C=O) groups excluding carboxylic acids is 2. The van der Waals surface area contributed by atoms with Gasteiger partial charge in [0.25, 0.3) is 5.91 Å². The van der Waals surface area contributed by atoms with Gasteiger partial charge in [-0.3, -0.25) is 14.6 Å². The molecule has 1 heterocycles. The summed E-state index contributed by atoms with van der Waals surface area (Å²) in [5.41, 5.74) is 6.69. The predicted octanol–water partition coefficient (Wildman–Crippen LogP) is 3.05. The molecule has 0 saturated carbocycles. The Morgan fingerprint density at radius 2 is 1.88 bits per heavy atom. The van der Waals surface area contributed by atoms with E-state index in [0.717, 1.165) is 0 Å². The highest BCUT2D eigenvalue weighted by Crippen LogP contribution is 2.27. The molecule has 0 spiro atoms. The molecule has 6 nitrogen and oxygen atoms in total. The van der Waals surface area contributed by atoms with Crippen LogP contribution in [0.5, 0.6) is 0 Å². The second kappa shape index (κ2) is 7.13. The van der Waals surface area contributed by atoms with Gasteiger partial charge in [-0.05, 0) is 30.3 Å². The molecule has 1 atom stereocenters. The number of anilines is 2. The summed E-state index contributed by atoms with van der Waals surface area (Å²) in [6.45, 7) is 0. The summed E-state index contributed by atoms with van der Waals surface area (Å²) in [5, 5.41) is 9.17. The van der Waals surface area contributed by atoms with Gasteiger partial charge in [-0.2, -0.15) is 5.10 Å². The first kappa shape index (κ1) is 17.3. The van der Waals surface area contributed by atoms with Crippen molar-refractivity contribution in [3.05, 3.63) is 58.6 Å². The third-order valence-electron chi connectivity index (χ3n) is 3.70. The Morgan fingerprint density at radius 1 is 1.16 bits per heavy atom. The minimum atomic E-state index is -0.724. The maximum absolute atomic E-state index is 12.5. The molecular formula is C17H14Cl2N4O2. The zero-order valence-electron chi connectivity index (χ0n) is 12.9. The standard InChI is InChI=1S/C17H14Cl2N4O2/c18-10-6-7-12(19)13(8-10)21-17(25)14-9-15(16(20)24)23(22-14)11-4-2-1-3-5-11/h1-8,15H,9H2,(H2,20,24)(H,21,25). The maximum atomic E-state index is 12.5. The van der Waals surface area contributed by atoms with Crippen LogP contribution < -0.4 is 16.1 Å². The summed E-state index contributed by atoms with van der Waals surface area (Å²) in [5.74, 6) is -1.02. The quantitative estimate of drug-likeness (QED) is 0.859. The molecule has 0 aliphatic carbocycles. The summed E-state index contributed by atoms with van der Waals surface area (Å²) < 4.78 is 0. The lowest BCUT2D eigenvalue weighted by atomic mass is 10.1. The summed E-state index contributed by atoms with van der Waals surface area (Å²) in [6, 6.07) is 13.1. The molecule has 0 aromatic heterocycles. The molecule has 0 bridgehead atoms. The van der Waals surface area contributed by atoms with E-state index in [4.69, 9.17) is 28.9 Å². The number of nitrogens with zero attached hydrogens (tertiary/aromatic N) is 2. The van der Waals surface area contributed by atoms with Crippen LogP contribution in [0.2, 0.25) is 10.0 Å². The number of amides is 2. The Hall–Kier alpha value is -2.57. The van der Waals surface area contributed by atoms with Gasteiger partial charge in [0.1, 0.15) is 11.8 Å². The minimum absolute atomic E-state index is 0.105. The normalized spacial score (nSPS) is 16.5. The molecule has 0 radical (unpaired) electrons. The first-order valence-electron chi connectivity index (χ1n) is 7.43. The van der Waals surface area contributed by atoms with Crippen molar-refractivity contribution in [2.24, 2.45) is 10.8 Å². The van der Waals surface area contributed by atoms with Crippen LogP contribution in [0.4, 0.5) is 11.4 Å². The number of nitrogens with one attached hydrogen (secondary N) is 1. The van der Waals surface area contributed by atoms with E-state index in [2.05, 4.69) is 10.4 Å². The maximum Gasteiger partial charge on any atom is 0.272 e. The van der Waals surface area contributed by atoms with Crippen molar-refractivity contribution < 1.29 is 9.59 Å². The van der Waals surface area contributed by atoms with Crippen LogP contribution in [0, 0.1) is 0 Å². The van der Waals surface area contributed by atoms with Crippen molar-refractivity contribution in [1.82, 2.24) is 0 Å². The number of rotatable bonds is 4. The van der Waals surface area contributed by atoms with E-state index in [1.807, 2.05) is 18.2 Å². The van der Waals surface area contributed by atoms with E-state index in [9.17, 15) is 9.59 Å². The number of para-hydroxylation sites is 1. The van der Waals surface area contributed by atoms with Gasteiger partial charge >= 0.3 is 0 Å². The number of primary amides is 1. The Labute approximate surface area is 154 Å². The van der Waals surface area contributed by atoms with Gasteiger partial charge in [-0.25, -0.2) is 0 Å². The molecule has 1 unspecified atom stereocenters. The van der Waals surface area contributed by atoms with Crippen molar-refractivity contribution in [3.8, 4) is 0 Å². The zero-order valence-corrected chi connectivity index (χ0v) is 14.5. The van der Waals surface area contributed by atoms with Crippen LogP contribution in [-0.4, -0.2) is 23.6 Å². The smallest absolute Gasteiger partial charge is 0.272 e. The average molecular weight is 377 g/mol. The van der Waals surface area contributed by atoms with Crippen LogP contribution in [0.15, 0.2) is 53.6 Å². The lowest BCUT2D eigenvalue weighted by Gasteiger charge is -2.20. The third kappa shape index (κ3) is 3.75. The van der Waals surface area contributed by atoms with Crippen molar-refractivity contribution >= 4 is 52.1 Å². The van der Waals surface area contributed by atoms with Crippen molar-refractivity contribution in [2.75, 3.05) is 10.3 Å². The molecule has 2 amide bonds. The first-order valence-corrected chi connectivity index (χ1v) is 8.19. The fourth-order valence-electron chi connectivity index (χ4n) is 2.48. The molecule has 2 aromatic carbocycles. The SMILES string of the molecule is NC(=O)C1CC(C(=O)Nc2cc(Cl)ccc2Cl)=NN1c1ccccc1. The number of halogens is 2. The molecule has 1 aliphatic heterocycles. The van der Waals surface area contributed by atoms with Crippen LogP contribution in [0.3, 0.4) is 0 Å². The summed E-state index contributed by atoms with van der Waals surface area (Å²) in [6.07, 6.45) is 0.105. The third-order valence-corrected chi connectivity index (χ3v) is 4.26. The predicted molar refractivity (Wildman–Crippen MR) is 99.0 cm³/mol. The average Bonchev–Trinajstić information content (AvgIpc) is 3.05. The molecule has 8 heteroatoms. The monoisotopic (exact) mass is 376 g/mol. The van der Waals surface area contributed by atoms with Gasteiger partial charge in [0.15, 0.2) is 0 Å². The topological polar surface area (TPSA) is 87.8 Å². The Balaban J connectivity index is 1.85. The summed E-state index contributed by atoms with van der Waals surface area (Å²) >= 11 is 12.0. The van der Waals surface area contributed by atoms with E-state index in [1.54, 1.807) is 24.3 Å². The number of carbonyl (C=O) groups is 2. The molecule has 3 rings (SSSR count). The summed E-state index contributed by atoms with van der Waals surface area (Å²) in [4.78, 5) is 24.2. The molecule has 25 heavy (non-hydrogen) atoms. The van der Waals surface area contributed by atoms with Crippen LogP contribution in [-0.2, 0) is 9.59 Å². The van der Waals surface area contributed by atoms with Crippen molar-refractivity contribution in [2.45, 2.75) is 12.5 Å². The number of nitrogens with two attached hydrogens (primary N) is 1. The highest BCUT2D eigenvalue weighted by molar-refractivity contribution is 6.45. The van der Waals surface area contributed by atoms with E-state index >= 15 is 0 Å². The summed E-state index contributed by atoms with van der Waals surface area (Å²) in [7, 11) is 0. The second-order valence-electron chi connectivity index (χ2n) is 5.43.